The van der Waals surface area contributed by atoms with Crippen LogP contribution in [0, 0.1) is 0 Å². The Labute approximate surface area is 92.2 Å². The summed E-state index contributed by atoms with van der Waals surface area (Å²) in [5.74, 6) is 0. The van der Waals surface area contributed by atoms with Crippen LogP contribution in [-0.4, -0.2) is 33.6 Å². The first kappa shape index (κ1) is 12.9. The Morgan fingerprint density at radius 1 is 1.33 bits per heavy atom. The van der Waals surface area contributed by atoms with Gasteiger partial charge in [0.05, 0.1) is 0 Å². The predicted molar refractivity (Wildman–Crippen MR) is 60.8 cm³/mol. The molecule has 0 saturated carbocycles. The summed E-state index contributed by atoms with van der Waals surface area (Å²) in [6.45, 7) is 5.32. The van der Waals surface area contributed by atoms with Crippen molar-refractivity contribution in [2.24, 2.45) is 0 Å². The Kier molecular flexibility index (Phi) is 4.98. The van der Waals surface area contributed by atoms with Gasteiger partial charge in [-0.1, -0.05) is 6.42 Å². The van der Waals surface area contributed by atoms with Gasteiger partial charge in [0.1, 0.15) is 0 Å². The van der Waals surface area contributed by atoms with Gasteiger partial charge >= 0.3 is 0 Å². The lowest BCUT2D eigenvalue weighted by Gasteiger charge is -2.18. The second-order valence-electron chi connectivity index (χ2n) is 4.29. The molecule has 1 aliphatic rings. The van der Waals surface area contributed by atoms with Gasteiger partial charge in [-0.15, -0.1) is 0 Å². The van der Waals surface area contributed by atoms with Gasteiger partial charge < -0.3 is 5.32 Å². The molecule has 0 bridgehead atoms. The number of hydrogen-bond acceptors (Lipinski definition) is 3. The minimum atomic E-state index is -3.34. The van der Waals surface area contributed by atoms with Crippen molar-refractivity contribution in [3.8, 4) is 0 Å². The fraction of sp³-hybridized carbons (Fsp3) is 1.00. The van der Waals surface area contributed by atoms with E-state index in [1.54, 1.807) is 0 Å². The molecule has 15 heavy (non-hydrogen) atoms. The second-order valence-corrected chi connectivity index (χ2v) is 5.77. The maximum absolute atomic E-state index is 11.6. The largest absolute Gasteiger partial charge is 0.315 e. The van der Waals surface area contributed by atoms with Crippen molar-refractivity contribution < 1.29 is 8.42 Å². The Bertz CT molecular complexity index is 269. The highest BCUT2D eigenvalue weighted by atomic mass is 32.2. The molecular formula is C9H21N3O2S. The summed E-state index contributed by atoms with van der Waals surface area (Å²) in [4.78, 5) is 0. The molecule has 0 aromatic carbocycles. The van der Waals surface area contributed by atoms with E-state index in [9.17, 15) is 8.42 Å². The Morgan fingerprint density at radius 3 is 2.73 bits per heavy atom. The summed E-state index contributed by atoms with van der Waals surface area (Å²) in [6, 6.07) is -0.0509. The van der Waals surface area contributed by atoms with Gasteiger partial charge in [0, 0.05) is 18.6 Å². The molecule has 0 spiro atoms. The van der Waals surface area contributed by atoms with Crippen molar-refractivity contribution in [1.29, 1.82) is 0 Å². The maximum Gasteiger partial charge on any atom is 0.277 e. The van der Waals surface area contributed by atoms with Crippen molar-refractivity contribution >= 4 is 10.2 Å². The highest BCUT2D eigenvalue weighted by molar-refractivity contribution is 7.87. The quantitative estimate of drug-likeness (QED) is 0.640. The normalized spacial score (nSPS) is 24.1. The topological polar surface area (TPSA) is 70.2 Å². The van der Waals surface area contributed by atoms with Crippen molar-refractivity contribution in [3.05, 3.63) is 0 Å². The average molecular weight is 235 g/mol. The van der Waals surface area contributed by atoms with Gasteiger partial charge in [-0.3, -0.25) is 0 Å². The van der Waals surface area contributed by atoms with Crippen molar-refractivity contribution in [3.63, 3.8) is 0 Å². The lowest BCUT2D eigenvalue weighted by molar-refractivity contribution is 0.506. The van der Waals surface area contributed by atoms with Crippen molar-refractivity contribution in [2.45, 2.75) is 45.2 Å². The molecule has 5 nitrogen and oxygen atoms in total. The van der Waals surface area contributed by atoms with Crippen LogP contribution in [0.5, 0.6) is 0 Å². The second kappa shape index (κ2) is 5.79. The smallest absolute Gasteiger partial charge is 0.277 e. The molecule has 1 saturated heterocycles. The van der Waals surface area contributed by atoms with Crippen molar-refractivity contribution in [2.75, 3.05) is 13.1 Å². The zero-order chi connectivity index (χ0) is 11.3. The van der Waals surface area contributed by atoms with Gasteiger partial charge in [0.25, 0.3) is 10.2 Å². The van der Waals surface area contributed by atoms with E-state index in [1.165, 1.54) is 0 Å². The van der Waals surface area contributed by atoms with Crippen LogP contribution in [0.15, 0.2) is 0 Å². The Hall–Kier alpha value is -0.170. The maximum atomic E-state index is 11.6. The van der Waals surface area contributed by atoms with Crippen LogP contribution in [0.3, 0.4) is 0 Å². The standard InChI is InChI=1S/C9H21N3O2S/c1-8(2)11-15(13,14)12-9-5-3-4-6-10-7-9/h8-12H,3-7H2,1-2H3. The van der Waals surface area contributed by atoms with Gasteiger partial charge in [0.2, 0.25) is 0 Å². The zero-order valence-electron chi connectivity index (χ0n) is 9.41. The fourth-order valence-corrected chi connectivity index (χ4v) is 3.01. The van der Waals surface area contributed by atoms with E-state index in [0.717, 1.165) is 32.4 Å². The molecule has 1 atom stereocenters. The van der Waals surface area contributed by atoms with Crippen LogP contribution >= 0.6 is 0 Å². The molecule has 1 fully saturated rings. The number of hydrogen-bond donors (Lipinski definition) is 3. The Balaban J connectivity index is 2.44. The van der Waals surface area contributed by atoms with Gasteiger partial charge in [-0.25, -0.2) is 0 Å². The van der Waals surface area contributed by atoms with Gasteiger partial charge in [-0.2, -0.15) is 17.9 Å². The predicted octanol–water partition coefficient (Wildman–Crippen LogP) is -0.0391. The number of rotatable bonds is 4. The highest BCUT2D eigenvalue weighted by Gasteiger charge is 2.19. The van der Waals surface area contributed by atoms with Crippen LogP contribution in [0.25, 0.3) is 0 Å². The summed E-state index contributed by atoms with van der Waals surface area (Å²) >= 11 is 0. The molecule has 0 aromatic heterocycles. The first-order chi connectivity index (χ1) is 6.99. The molecule has 1 heterocycles. The minimum Gasteiger partial charge on any atom is -0.315 e. The monoisotopic (exact) mass is 235 g/mol. The van der Waals surface area contributed by atoms with Crippen LogP contribution in [0.1, 0.15) is 33.1 Å². The Morgan fingerprint density at radius 2 is 2.07 bits per heavy atom. The SMILES string of the molecule is CC(C)NS(=O)(=O)NC1CCCCNC1. The van der Waals surface area contributed by atoms with E-state index in [0.29, 0.717) is 0 Å². The third-order valence-electron chi connectivity index (χ3n) is 2.26. The minimum absolute atomic E-state index is 0.0174. The summed E-state index contributed by atoms with van der Waals surface area (Å²) in [5.41, 5.74) is 0. The molecular weight excluding hydrogens is 214 g/mol. The van der Waals surface area contributed by atoms with E-state index in [-0.39, 0.29) is 12.1 Å². The summed E-state index contributed by atoms with van der Waals surface area (Å²) in [6.07, 6.45) is 3.10. The summed E-state index contributed by atoms with van der Waals surface area (Å²) < 4.78 is 28.3. The molecule has 0 aliphatic carbocycles. The average Bonchev–Trinajstić information content (AvgIpc) is 2.29. The molecule has 1 aliphatic heterocycles. The van der Waals surface area contributed by atoms with Crippen molar-refractivity contribution in [1.82, 2.24) is 14.8 Å². The summed E-state index contributed by atoms with van der Waals surface area (Å²) in [5, 5.41) is 3.22. The van der Waals surface area contributed by atoms with E-state index in [4.69, 9.17) is 0 Å². The van der Waals surface area contributed by atoms with Crippen LogP contribution in [-0.2, 0) is 10.2 Å². The first-order valence-electron chi connectivity index (χ1n) is 5.50. The van der Waals surface area contributed by atoms with Gasteiger partial charge in [0.15, 0.2) is 0 Å². The van der Waals surface area contributed by atoms with E-state index < -0.39 is 10.2 Å². The molecule has 1 unspecified atom stereocenters. The van der Waals surface area contributed by atoms with Gasteiger partial charge in [-0.05, 0) is 33.2 Å². The zero-order valence-corrected chi connectivity index (χ0v) is 10.2. The lowest BCUT2D eigenvalue weighted by Crippen LogP contribution is -2.47. The third kappa shape index (κ3) is 5.46. The van der Waals surface area contributed by atoms with E-state index in [2.05, 4.69) is 14.8 Å². The molecule has 90 valence electrons. The van der Waals surface area contributed by atoms with E-state index >= 15 is 0 Å². The molecule has 0 aromatic rings. The highest BCUT2D eigenvalue weighted by Crippen LogP contribution is 2.04. The van der Waals surface area contributed by atoms with Crippen LogP contribution < -0.4 is 14.8 Å². The third-order valence-corrected chi connectivity index (χ3v) is 3.68. The molecule has 0 amide bonds. The summed E-state index contributed by atoms with van der Waals surface area (Å²) in [7, 11) is -3.34. The first-order valence-corrected chi connectivity index (χ1v) is 6.98. The fourth-order valence-electron chi connectivity index (χ4n) is 1.68. The lowest BCUT2D eigenvalue weighted by atomic mass is 10.2. The molecule has 3 N–H and O–H groups in total. The molecule has 6 heteroatoms. The molecule has 1 rings (SSSR count). The van der Waals surface area contributed by atoms with Crippen LogP contribution in [0.2, 0.25) is 0 Å². The number of nitrogens with one attached hydrogen (secondary N) is 3. The van der Waals surface area contributed by atoms with Crippen LogP contribution in [0.4, 0.5) is 0 Å². The van der Waals surface area contributed by atoms with E-state index in [1.807, 2.05) is 13.8 Å². The molecule has 0 radical (unpaired) electrons.